The molecule has 0 atom stereocenters. The van der Waals surface area contributed by atoms with E-state index in [1.807, 2.05) is 0 Å². The first-order chi connectivity index (χ1) is 9.52. The fourth-order valence-corrected chi connectivity index (χ4v) is 2.73. The largest absolute Gasteiger partial charge is 0.487 e. The molecule has 2 aromatic rings. The average Bonchev–Trinajstić information content (AvgIpc) is 2.69. The van der Waals surface area contributed by atoms with Gasteiger partial charge in [0.1, 0.15) is 11.4 Å². The summed E-state index contributed by atoms with van der Waals surface area (Å²) in [6.45, 7) is 7.23. The Morgan fingerprint density at radius 2 is 2.00 bits per heavy atom. The number of anilines is 1. The maximum Gasteiger partial charge on any atom is 0.123 e. The van der Waals surface area contributed by atoms with Crippen LogP contribution < -0.4 is 10.1 Å². The van der Waals surface area contributed by atoms with Gasteiger partial charge in [0, 0.05) is 18.7 Å². The second-order valence-corrected chi connectivity index (χ2v) is 6.20. The van der Waals surface area contributed by atoms with Gasteiger partial charge >= 0.3 is 0 Å². The molecule has 3 rings (SSSR count). The molecule has 0 fully saturated rings. The molecule has 20 heavy (non-hydrogen) atoms. The highest BCUT2D eigenvalue weighted by molar-refractivity contribution is 5.47. The first-order valence-corrected chi connectivity index (χ1v) is 7.13. The Bertz CT molecular complexity index is 631. The zero-order valence-electron chi connectivity index (χ0n) is 12.4. The highest BCUT2D eigenvalue weighted by atomic mass is 16.5. The molecule has 0 aromatic heterocycles. The van der Waals surface area contributed by atoms with E-state index in [0.717, 1.165) is 18.7 Å². The Labute approximate surface area is 120 Å². The second-order valence-electron chi connectivity index (χ2n) is 6.20. The summed E-state index contributed by atoms with van der Waals surface area (Å²) in [6.07, 6.45) is 0.987. The number of ether oxygens (including phenoxy) is 1. The van der Waals surface area contributed by atoms with Crippen molar-refractivity contribution >= 4 is 5.69 Å². The summed E-state index contributed by atoms with van der Waals surface area (Å²) in [5, 5.41) is 3.47. The SMILES string of the molecule is Cc1cccc(NCc2ccc3c(c2)CC(C)(C)O3)c1. The lowest BCUT2D eigenvalue weighted by atomic mass is 10.0. The van der Waals surface area contributed by atoms with Crippen LogP contribution in [0.1, 0.15) is 30.5 Å². The molecule has 2 nitrogen and oxygen atoms in total. The van der Waals surface area contributed by atoms with Crippen molar-refractivity contribution in [3.63, 3.8) is 0 Å². The fraction of sp³-hybridized carbons (Fsp3) is 0.333. The molecule has 0 amide bonds. The number of nitrogens with one attached hydrogen (secondary N) is 1. The number of rotatable bonds is 3. The lowest BCUT2D eigenvalue weighted by Crippen LogP contribution is -2.24. The molecule has 0 aliphatic carbocycles. The van der Waals surface area contributed by atoms with Crippen LogP contribution in [0.25, 0.3) is 0 Å². The van der Waals surface area contributed by atoms with Gasteiger partial charge < -0.3 is 10.1 Å². The summed E-state index contributed by atoms with van der Waals surface area (Å²) in [4.78, 5) is 0. The van der Waals surface area contributed by atoms with Gasteiger partial charge in [0.2, 0.25) is 0 Å². The van der Waals surface area contributed by atoms with Crippen molar-refractivity contribution in [2.24, 2.45) is 0 Å². The second kappa shape index (κ2) is 4.86. The summed E-state index contributed by atoms with van der Waals surface area (Å²) < 4.78 is 5.91. The van der Waals surface area contributed by atoms with Crippen LogP contribution in [-0.2, 0) is 13.0 Å². The molecule has 2 heteroatoms. The molecule has 0 saturated carbocycles. The third-order valence-corrected chi connectivity index (χ3v) is 3.64. The van der Waals surface area contributed by atoms with Crippen LogP contribution in [0.3, 0.4) is 0 Å². The van der Waals surface area contributed by atoms with Gasteiger partial charge in [-0.3, -0.25) is 0 Å². The van der Waals surface area contributed by atoms with Crippen LogP contribution in [-0.4, -0.2) is 5.60 Å². The fourth-order valence-electron chi connectivity index (χ4n) is 2.73. The molecule has 1 heterocycles. The summed E-state index contributed by atoms with van der Waals surface area (Å²) in [7, 11) is 0. The Morgan fingerprint density at radius 3 is 2.80 bits per heavy atom. The van der Waals surface area contributed by atoms with Gasteiger partial charge in [0.05, 0.1) is 0 Å². The van der Waals surface area contributed by atoms with Crippen molar-refractivity contribution in [1.29, 1.82) is 0 Å². The maximum atomic E-state index is 5.91. The van der Waals surface area contributed by atoms with Crippen molar-refractivity contribution in [3.8, 4) is 5.75 Å². The molecule has 0 spiro atoms. The predicted molar refractivity (Wildman–Crippen MR) is 83.4 cm³/mol. The van der Waals surface area contributed by atoms with E-state index in [1.54, 1.807) is 0 Å². The monoisotopic (exact) mass is 267 g/mol. The highest BCUT2D eigenvalue weighted by Gasteiger charge is 2.29. The van der Waals surface area contributed by atoms with Crippen molar-refractivity contribution in [1.82, 2.24) is 0 Å². The molecular formula is C18H21NO. The van der Waals surface area contributed by atoms with Crippen LogP contribution >= 0.6 is 0 Å². The predicted octanol–water partition coefficient (Wildman–Crippen LogP) is 4.32. The zero-order chi connectivity index (χ0) is 14.2. The van der Waals surface area contributed by atoms with Gasteiger partial charge in [-0.1, -0.05) is 24.3 Å². The Hall–Kier alpha value is -1.96. The van der Waals surface area contributed by atoms with Gasteiger partial charge in [-0.25, -0.2) is 0 Å². The van der Waals surface area contributed by atoms with Gasteiger partial charge in [-0.15, -0.1) is 0 Å². The smallest absolute Gasteiger partial charge is 0.123 e. The standard InChI is InChI=1S/C18H21NO/c1-13-5-4-6-16(9-13)19-12-14-7-8-17-15(10-14)11-18(2,3)20-17/h4-10,19H,11-12H2,1-3H3. The molecule has 0 bridgehead atoms. The normalized spacial score (nSPS) is 15.6. The van der Waals surface area contributed by atoms with Gasteiger partial charge in [-0.05, 0) is 55.7 Å². The molecule has 0 saturated heterocycles. The van der Waals surface area contributed by atoms with Crippen LogP contribution in [0.5, 0.6) is 5.75 Å². The molecule has 0 unspecified atom stereocenters. The number of hydrogen-bond donors (Lipinski definition) is 1. The number of aryl methyl sites for hydroxylation is 1. The topological polar surface area (TPSA) is 21.3 Å². The third-order valence-electron chi connectivity index (χ3n) is 3.64. The van der Waals surface area contributed by atoms with E-state index in [1.165, 1.54) is 22.4 Å². The Balaban J connectivity index is 1.71. The van der Waals surface area contributed by atoms with Crippen LogP contribution in [0, 0.1) is 6.92 Å². The van der Waals surface area contributed by atoms with Crippen molar-refractivity contribution in [2.75, 3.05) is 5.32 Å². The first kappa shape index (κ1) is 13.0. The number of fused-ring (bicyclic) bond motifs is 1. The highest BCUT2D eigenvalue weighted by Crippen LogP contribution is 2.35. The maximum absolute atomic E-state index is 5.91. The summed E-state index contributed by atoms with van der Waals surface area (Å²) in [5.41, 5.74) is 5.00. The van der Waals surface area contributed by atoms with E-state index < -0.39 is 0 Å². The van der Waals surface area contributed by atoms with Crippen LogP contribution in [0.4, 0.5) is 5.69 Å². The molecule has 2 aromatic carbocycles. The van der Waals surface area contributed by atoms with Crippen molar-refractivity contribution < 1.29 is 4.74 Å². The van der Waals surface area contributed by atoms with Gasteiger partial charge in [0.25, 0.3) is 0 Å². The van der Waals surface area contributed by atoms with E-state index in [0.29, 0.717) is 0 Å². The summed E-state index contributed by atoms with van der Waals surface area (Å²) in [6, 6.07) is 15.0. The Kier molecular flexibility index (Phi) is 3.17. The number of benzene rings is 2. The summed E-state index contributed by atoms with van der Waals surface area (Å²) in [5.74, 6) is 1.04. The van der Waals surface area contributed by atoms with E-state index in [-0.39, 0.29) is 5.60 Å². The van der Waals surface area contributed by atoms with Crippen LogP contribution in [0.15, 0.2) is 42.5 Å². The molecule has 1 aliphatic rings. The molecule has 104 valence electrons. The molecular weight excluding hydrogens is 246 g/mol. The van der Waals surface area contributed by atoms with Gasteiger partial charge in [0.15, 0.2) is 0 Å². The van der Waals surface area contributed by atoms with E-state index in [4.69, 9.17) is 4.74 Å². The minimum atomic E-state index is -0.0646. The van der Waals surface area contributed by atoms with E-state index in [2.05, 4.69) is 68.6 Å². The zero-order valence-corrected chi connectivity index (χ0v) is 12.4. The van der Waals surface area contributed by atoms with Gasteiger partial charge in [-0.2, -0.15) is 0 Å². The molecule has 1 N–H and O–H groups in total. The molecule has 0 radical (unpaired) electrons. The van der Waals surface area contributed by atoms with Crippen molar-refractivity contribution in [3.05, 3.63) is 59.2 Å². The quantitative estimate of drug-likeness (QED) is 0.894. The minimum Gasteiger partial charge on any atom is -0.487 e. The van der Waals surface area contributed by atoms with Crippen molar-refractivity contribution in [2.45, 2.75) is 39.3 Å². The average molecular weight is 267 g/mol. The lowest BCUT2D eigenvalue weighted by Gasteiger charge is -2.16. The van der Waals surface area contributed by atoms with Crippen LogP contribution in [0.2, 0.25) is 0 Å². The van der Waals surface area contributed by atoms with E-state index in [9.17, 15) is 0 Å². The minimum absolute atomic E-state index is 0.0646. The number of hydrogen-bond acceptors (Lipinski definition) is 2. The first-order valence-electron chi connectivity index (χ1n) is 7.13. The molecule has 1 aliphatic heterocycles. The lowest BCUT2D eigenvalue weighted by molar-refractivity contribution is 0.138. The third kappa shape index (κ3) is 2.79. The van der Waals surface area contributed by atoms with E-state index >= 15 is 0 Å². The Morgan fingerprint density at radius 1 is 1.15 bits per heavy atom. The summed E-state index contributed by atoms with van der Waals surface area (Å²) >= 11 is 0.